The topological polar surface area (TPSA) is 69.6 Å². The largest absolute Gasteiger partial charge is 0.508 e. The number of aromatic hydroxyl groups is 2. The third-order valence-electron chi connectivity index (χ3n) is 2.86. The Morgan fingerprint density at radius 3 is 2.40 bits per heavy atom. The molecule has 2 rings (SSSR count). The molecule has 1 amide bonds. The summed E-state index contributed by atoms with van der Waals surface area (Å²) in [5.74, 6) is -1.24. The van der Waals surface area contributed by atoms with E-state index in [0.717, 1.165) is 6.07 Å². The van der Waals surface area contributed by atoms with Gasteiger partial charge in [0.05, 0.1) is 6.04 Å². The van der Waals surface area contributed by atoms with Crippen LogP contribution < -0.4 is 5.32 Å². The van der Waals surface area contributed by atoms with Gasteiger partial charge >= 0.3 is 0 Å². The van der Waals surface area contributed by atoms with E-state index in [4.69, 9.17) is 0 Å². The highest BCUT2D eigenvalue weighted by molar-refractivity contribution is 5.95. The zero-order valence-electron chi connectivity index (χ0n) is 10.8. The summed E-state index contributed by atoms with van der Waals surface area (Å²) in [5, 5.41) is 21.3. The van der Waals surface area contributed by atoms with Gasteiger partial charge in [-0.15, -0.1) is 0 Å². The molecule has 5 heteroatoms. The predicted molar refractivity (Wildman–Crippen MR) is 72.1 cm³/mol. The monoisotopic (exact) mass is 275 g/mol. The maximum Gasteiger partial charge on any atom is 0.252 e. The van der Waals surface area contributed by atoms with Crippen molar-refractivity contribution in [2.45, 2.75) is 13.0 Å². The normalized spacial score (nSPS) is 11.9. The average Bonchev–Trinajstić information content (AvgIpc) is 2.37. The van der Waals surface area contributed by atoms with Crippen molar-refractivity contribution in [1.29, 1.82) is 0 Å². The van der Waals surface area contributed by atoms with Gasteiger partial charge in [0.1, 0.15) is 17.3 Å². The van der Waals surface area contributed by atoms with Crippen molar-refractivity contribution < 1.29 is 19.4 Å². The van der Waals surface area contributed by atoms with Crippen molar-refractivity contribution in [3.05, 3.63) is 59.4 Å². The molecule has 0 aromatic heterocycles. The fraction of sp³-hybridized carbons (Fsp3) is 0.133. The van der Waals surface area contributed by atoms with E-state index in [9.17, 15) is 19.4 Å². The lowest BCUT2D eigenvalue weighted by atomic mass is 10.1. The van der Waals surface area contributed by atoms with Crippen LogP contribution in [0.2, 0.25) is 0 Å². The third-order valence-corrected chi connectivity index (χ3v) is 2.86. The molecule has 1 unspecified atom stereocenters. The van der Waals surface area contributed by atoms with Gasteiger partial charge in [0, 0.05) is 11.6 Å². The first-order valence-corrected chi connectivity index (χ1v) is 6.05. The molecule has 2 aromatic rings. The standard InChI is InChI=1S/C15H14FNO3/c1-9(10-3-2-4-12(16)5-10)17-15(20)11-6-13(18)8-14(19)7-11/h2-9,18-19H,1H3,(H,17,20). The maximum absolute atomic E-state index is 13.1. The Bertz CT molecular complexity index is 623. The van der Waals surface area contributed by atoms with E-state index in [1.807, 2.05) is 0 Å². The summed E-state index contributed by atoms with van der Waals surface area (Å²) in [7, 11) is 0. The lowest BCUT2D eigenvalue weighted by Gasteiger charge is -2.14. The molecule has 0 aliphatic rings. The first kappa shape index (κ1) is 13.9. The molecule has 2 aromatic carbocycles. The first-order valence-electron chi connectivity index (χ1n) is 6.05. The lowest BCUT2D eigenvalue weighted by molar-refractivity contribution is 0.0939. The molecule has 0 radical (unpaired) electrons. The van der Waals surface area contributed by atoms with E-state index in [2.05, 4.69) is 5.32 Å². The number of nitrogens with one attached hydrogen (secondary N) is 1. The van der Waals surface area contributed by atoms with Gasteiger partial charge in [0.2, 0.25) is 0 Å². The second-order valence-corrected chi connectivity index (χ2v) is 4.49. The zero-order chi connectivity index (χ0) is 14.7. The molecule has 0 saturated heterocycles. The number of rotatable bonds is 3. The summed E-state index contributed by atoms with van der Waals surface area (Å²) in [6.45, 7) is 1.72. The molecule has 0 saturated carbocycles. The van der Waals surface area contributed by atoms with Crippen LogP contribution in [0.4, 0.5) is 4.39 Å². The summed E-state index contributed by atoms with van der Waals surface area (Å²) in [6.07, 6.45) is 0. The van der Waals surface area contributed by atoms with E-state index < -0.39 is 11.9 Å². The number of hydrogen-bond acceptors (Lipinski definition) is 3. The molecule has 4 nitrogen and oxygen atoms in total. The summed E-state index contributed by atoms with van der Waals surface area (Å²) < 4.78 is 13.1. The second kappa shape index (κ2) is 5.61. The van der Waals surface area contributed by atoms with Crippen LogP contribution in [-0.4, -0.2) is 16.1 Å². The van der Waals surface area contributed by atoms with E-state index >= 15 is 0 Å². The van der Waals surface area contributed by atoms with Crippen LogP contribution >= 0.6 is 0 Å². The minimum absolute atomic E-state index is 0.130. The van der Waals surface area contributed by atoms with Crippen LogP contribution in [0.1, 0.15) is 28.9 Å². The van der Waals surface area contributed by atoms with Crippen LogP contribution in [-0.2, 0) is 0 Å². The maximum atomic E-state index is 13.1. The summed E-state index contributed by atoms with van der Waals surface area (Å²) in [5.41, 5.74) is 0.758. The summed E-state index contributed by atoms with van der Waals surface area (Å²) in [4.78, 5) is 12.0. The lowest BCUT2D eigenvalue weighted by Crippen LogP contribution is -2.26. The van der Waals surface area contributed by atoms with Crippen LogP contribution in [0.5, 0.6) is 11.5 Å². The highest BCUT2D eigenvalue weighted by Gasteiger charge is 2.13. The highest BCUT2D eigenvalue weighted by Crippen LogP contribution is 2.21. The molecule has 104 valence electrons. The number of hydrogen-bond donors (Lipinski definition) is 3. The molecule has 1 atom stereocenters. The molecule has 0 aliphatic heterocycles. The number of benzene rings is 2. The van der Waals surface area contributed by atoms with Gasteiger partial charge in [-0.05, 0) is 36.8 Å². The molecule has 0 bridgehead atoms. The minimum Gasteiger partial charge on any atom is -0.508 e. The minimum atomic E-state index is -0.465. The van der Waals surface area contributed by atoms with E-state index in [1.165, 1.54) is 24.3 Å². The van der Waals surface area contributed by atoms with Crippen molar-refractivity contribution in [3.8, 4) is 11.5 Å². The fourth-order valence-electron chi connectivity index (χ4n) is 1.87. The van der Waals surface area contributed by atoms with Gasteiger partial charge in [0.15, 0.2) is 0 Å². The van der Waals surface area contributed by atoms with Gasteiger partial charge in [-0.3, -0.25) is 4.79 Å². The van der Waals surface area contributed by atoms with Crippen LogP contribution in [0.3, 0.4) is 0 Å². The Morgan fingerprint density at radius 1 is 1.15 bits per heavy atom. The second-order valence-electron chi connectivity index (χ2n) is 4.49. The molecule has 0 fully saturated rings. The fourth-order valence-corrected chi connectivity index (χ4v) is 1.87. The van der Waals surface area contributed by atoms with Crippen molar-refractivity contribution in [2.75, 3.05) is 0 Å². The Labute approximate surface area is 115 Å². The smallest absolute Gasteiger partial charge is 0.252 e. The number of carbonyl (C=O) groups is 1. The number of amides is 1. The Balaban J connectivity index is 2.15. The van der Waals surface area contributed by atoms with Gasteiger partial charge in [-0.1, -0.05) is 12.1 Å². The van der Waals surface area contributed by atoms with Crippen molar-refractivity contribution in [1.82, 2.24) is 5.32 Å². The van der Waals surface area contributed by atoms with Crippen molar-refractivity contribution >= 4 is 5.91 Å². The number of carbonyl (C=O) groups excluding carboxylic acids is 1. The van der Waals surface area contributed by atoms with Gasteiger partial charge < -0.3 is 15.5 Å². The summed E-state index contributed by atoms with van der Waals surface area (Å²) >= 11 is 0. The Morgan fingerprint density at radius 2 is 1.80 bits per heavy atom. The Hall–Kier alpha value is -2.56. The van der Waals surface area contributed by atoms with Gasteiger partial charge in [-0.2, -0.15) is 0 Å². The molecule has 20 heavy (non-hydrogen) atoms. The van der Waals surface area contributed by atoms with Crippen molar-refractivity contribution in [2.24, 2.45) is 0 Å². The van der Waals surface area contributed by atoms with Crippen LogP contribution in [0.25, 0.3) is 0 Å². The molecular weight excluding hydrogens is 261 g/mol. The van der Waals surface area contributed by atoms with Crippen LogP contribution in [0.15, 0.2) is 42.5 Å². The number of phenols is 2. The molecular formula is C15H14FNO3. The van der Waals surface area contributed by atoms with Gasteiger partial charge in [0.25, 0.3) is 5.91 Å². The SMILES string of the molecule is CC(NC(=O)c1cc(O)cc(O)c1)c1cccc(F)c1. The highest BCUT2D eigenvalue weighted by atomic mass is 19.1. The quantitative estimate of drug-likeness (QED) is 0.806. The third kappa shape index (κ3) is 3.26. The van der Waals surface area contributed by atoms with E-state index in [0.29, 0.717) is 5.56 Å². The van der Waals surface area contributed by atoms with E-state index in [1.54, 1.807) is 19.1 Å². The average molecular weight is 275 g/mol. The van der Waals surface area contributed by atoms with E-state index in [-0.39, 0.29) is 22.9 Å². The molecule has 0 aliphatic carbocycles. The van der Waals surface area contributed by atoms with Crippen molar-refractivity contribution in [3.63, 3.8) is 0 Å². The predicted octanol–water partition coefficient (Wildman–Crippen LogP) is 2.73. The number of phenolic OH excluding ortho intramolecular Hbond substituents is 2. The zero-order valence-corrected chi connectivity index (χ0v) is 10.8. The van der Waals surface area contributed by atoms with Crippen LogP contribution in [0, 0.1) is 5.82 Å². The molecule has 0 spiro atoms. The number of halogens is 1. The molecule has 3 N–H and O–H groups in total. The summed E-state index contributed by atoms with van der Waals surface area (Å²) in [6, 6.07) is 9.15. The molecule has 0 heterocycles. The van der Waals surface area contributed by atoms with Gasteiger partial charge in [-0.25, -0.2) is 4.39 Å². The first-order chi connectivity index (χ1) is 9.45. The Kier molecular flexibility index (Phi) is 3.89.